The van der Waals surface area contributed by atoms with Crippen LogP contribution < -0.4 is 0 Å². The molecule has 0 spiro atoms. The molecule has 0 unspecified atom stereocenters. The fourth-order valence-electron chi connectivity index (χ4n) is 1.08. The summed E-state index contributed by atoms with van der Waals surface area (Å²) >= 11 is 0. The van der Waals surface area contributed by atoms with Gasteiger partial charge < -0.3 is 5.11 Å². The van der Waals surface area contributed by atoms with Gasteiger partial charge in [-0.1, -0.05) is 18.2 Å². The summed E-state index contributed by atoms with van der Waals surface area (Å²) in [5.41, 5.74) is 0. The smallest absolute Gasteiger partial charge is 0.183 e. The largest absolute Gasteiger partial charge is 0.392 e. The average molecular weight is 214 g/mol. The van der Waals surface area contributed by atoms with E-state index in [4.69, 9.17) is 0 Å². The molecule has 0 fully saturated rings. The molecule has 14 heavy (non-hydrogen) atoms. The number of hydrogen-bond acceptors (Lipinski definition) is 3. The standard InChI is InChI=1S/C10H14O3S/c1-8(11)9(2)14(12,13)10-6-4-3-5-7-10/h3-9,11H,1-2H3/t8-,9+/m1/s1. The molecule has 1 N–H and O–H groups in total. The molecule has 0 aromatic heterocycles. The summed E-state index contributed by atoms with van der Waals surface area (Å²) < 4.78 is 23.6. The van der Waals surface area contributed by atoms with E-state index in [1.54, 1.807) is 18.2 Å². The summed E-state index contributed by atoms with van der Waals surface area (Å²) in [4.78, 5) is 0.258. The van der Waals surface area contributed by atoms with Gasteiger partial charge in [-0.15, -0.1) is 0 Å². The normalized spacial score (nSPS) is 16.2. The molecule has 0 aliphatic heterocycles. The maximum Gasteiger partial charge on any atom is 0.183 e. The third kappa shape index (κ3) is 2.13. The van der Waals surface area contributed by atoms with Crippen molar-refractivity contribution >= 4 is 9.84 Å². The van der Waals surface area contributed by atoms with Crippen LogP contribution in [0, 0.1) is 0 Å². The number of sulfone groups is 1. The molecule has 0 radical (unpaired) electrons. The van der Waals surface area contributed by atoms with Crippen molar-refractivity contribution in [3.05, 3.63) is 30.3 Å². The van der Waals surface area contributed by atoms with Crippen molar-refractivity contribution in [3.63, 3.8) is 0 Å². The molecule has 78 valence electrons. The molecule has 3 nitrogen and oxygen atoms in total. The Bertz CT molecular complexity index is 381. The summed E-state index contributed by atoms with van der Waals surface area (Å²) in [7, 11) is -3.39. The van der Waals surface area contributed by atoms with Gasteiger partial charge in [0, 0.05) is 0 Å². The number of aliphatic hydroxyl groups excluding tert-OH is 1. The summed E-state index contributed by atoms with van der Waals surface area (Å²) in [5, 5.41) is 8.47. The SMILES string of the molecule is C[C@@H](O)[C@H](C)S(=O)(=O)c1ccccc1. The van der Waals surface area contributed by atoms with Crippen LogP contribution in [-0.4, -0.2) is 24.9 Å². The lowest BCUT2D eigenvalue weighted by molar-refractivity contribution is 0.193. The Hall–Kier alpha value is -0.870. The van der Waals surface area contributed by atoms with Gasteiger partial charge in [-0.3, -0.25) is 0 Å². The number of benzene rings is 1. The summed E-state index contributed by atoms with van der Waals surface area (Å²) in [5.74, 6) is 0. The zero-order valence-corrected chi connectivity index (χ0v) is 9.03. The van der Waals surface area contributed by atoms with E-state index in [0.29, 0.717) is 0 Å². The molecule has 4 heteroatoms. The first kappa shape index (κ1) is 11.2. The minimum absolute atomic E-state index is 0.258. The van der Waals surface area contributed by atoms with Crippen LogP contribution in [-0.2, 0) is 9.84 Å². The Balaban J connectivity index is 3.10. The van der Waals surface area contributed by atoms with Gasteiger partial charge in [-0.25, -0.2) is 8.42 Å². The first-order valence-electron chi connectivity index (χ1n) is 4.43. The summed E-state index contributed by atoms with van der Waals surface area (Å²) in [6, 6.07) is 8.16. The van der Waals surface area contributed by atoms with E-state index in [1.807, 2.05) is 0 Å². The van der Waals surface area contributed by atoms with Crippen molar-refractivity contribution in [1.29, 1.82) is 0 Å². The second-order valence-corrected chi connectivity index (χ2v) is 5.61. The van der Waals surface area contributed by atoms with Gasteiger partial charge in [0.1, 0.15) is 0 Å². The van der Waals surface area contributed by atoms with Crippen molar-refractivity contribution in [2.24, 2.45) is 0 Å². The Morgan fingerprint density at radius 2 is 1.64 bits per heavy atom. The van der Waals surface area contributed by atoms with Gasteiger partial charge in [-0.05, 0) is 26.0 Å². The average Bonchev–Trinajstić information content (AvgIpc) is 2.18. The second kappa shape index (κ2) is 4.11. The Morgan fingerprint density at radius 3 is 2.07 bits per heavy atom. The van der Waals surface area contributed by atoms with E-state index in [9.17, 15) is 13.5 Å². The van der Waals surface area contributed by atoms with Gasteiger partial charge in [0.05, 0.1) is 16.2 Å². The van der Waals surface area contributed by atoms with Crippen molar-refractivity contribution < 1.29 is 13.5 Å². The molecule has 0 heterocycles. The second-order valence-electron chi connectivity index (χ2n) is 3.30. The van der Waals surface area contributed by atoms with Crippen LogP contribution in [0.3, 0.4) is 0 Å². The molecule has 1 rings (SSSR count). The third-order valence-electron chi connectivity index (χ3n) is 2.24. The highest BCUT2D eigenvalue weighted by Crippen LogP contribution is 2.17. The van der Waals surface area contributed by atoms with Crippen molar-refractivity contribution in [2.45, 2.75) is 30.1 Å². The number of rotatable bonds is 3. The molecule has 0 amide bonds. The zero-order valence-electron chi connectivity index (χ0n) is 8.21. The first-order chi connectivity index (χ1) is 6.46. The Morgan fingerprint density at radius 1 is 1.14 bits per heavy atom. The lowest BCUT2D eigenvalue weighted by atomic mass is 10.3. The maximum atomic E-state index is 11.8. The lowest BCUT2D eigenvalue weighted by Gasteiger charge is -2.15. The van der Waals surface area contributed by atoms with Crippen LogP contribution in [0.15, 0.2) is 35.2 Å². The molecule has 0 aliphatic rings. The predicted molar refractivity (Wildman–Crippen MR) is 54.8 cm³/mol. The van der Waals surface area contributed by atoms with Crippen LogP contribution in [0.2, 0.25) is 0 Å². The molecule has 0 saturated carbocycles. The first-order valence-corrected chi connectivity index (χ1v) is 5.98. The Kier molecular flexibility index (Phi) is 3.29. The van der Waals surface area contributed by atoms with Crippen LogP contribution in [0.5, 0.6) is 0 Å². The molecule has 0 saturated heterocycles. The fourth-order valence-corrected chi connectivity index (χ4v) is 2.57. The van der Waals surface area contributed by atoms with Crippen LogP contribution in [0.4, 0.5) is 0 Å². The number of hydrogen-bond donors (Lipinski definition) is 1. The summed E-state index contributed by atoms with van der Waals surface area (Å²) in [6.45, 7) is 2.98. The highest BCUT2D eigenvalue weighted by Gasteiger charge is 2.26. The molecular weight excluding hydrogens is 200 g/mol. The predicted octanol–water partition coefficient (Wildman–Crippen LogP) is 1.23. The van der Waals surface area contributed by atoms with E-state index in [1.165, 1.54) is 26.0 Å². The molecule has 2 atom stereocenters. The van der Waals surface area contributed by atoms with Crippen molar-refractivity contribution in [1.82, 2.24) is 0 Å². The number of aliphatic hydroxyl groups is 1. The van der Waals surface area contributed by atoms with Crippen molar-refractivity contribution in [3.8, 4) is 0 Å². The molecular formula is C10H14O3S. The highest BCUT2D eigenvalue weighted by molar-refractivity contribution is 7.92. The highest BCUT2D eigenvalue weighted by atomic mass is 32.2. The van der Waals surface area contributed by atoms with Gasteiger partial charge in [0.25, 0.3) is 0 Å². The molecule has 0 bridgehead atoms. The van der Waals surface area contributed by atoms with Gasteiger partial charge >= 0.3 is 0 Å². The minimum atomic E-state index is -3.39. The van der Waals surface area contributed by atoms with Crippen LogP contribution in [0.25, 0.3) is 0 Å². The third-order valence-corrected chi connectivity index (χ3v) is 4.54. The monoisotopic (exact) mass is 214 g/mol. The molecule has 1 aromatic carbocycles. The van der Waals surface area contributed by atoms with E-state index in [-0.39, 0.29) is 4.90 Å². The van der Waals surface area contributed by atoms with Crippen LogP contribution in [0.1, 0.15) is 13.8 Å². The quantitative estimate of drug-likeness (QED) is 0.823. The Labute approximate surface area is 84.3 Å². The molecule has 1 aromatic rings. The van der Waals surface area contributed by atoms with E-state index in [0.717, 1.165) is 0 Å². The van der Waals surface area contributed by atoms with E-state index >= 15 is 0 Å². The topological polar surface area (TPSA) is 54.4 Å². The van der Waals surface area contributed by atoms with Crippen molar-refractivity contribution in [2.75, 3.05) is 0 Å². The molecule has 0 aliphatic carbocycles. The maximum absolute atomic E-state index is 11.8. The van der Waals surface area contributed by atoms with Gasteiger partial charge in [0.15, 0.2) is 9.84 Å². The van der Waals surface area contributed by atoms with E-state index in [2.05, 4.69) is 0 Å². The van der Waals surface area contributed by atoms with Gasteiger partial charge in [0.2, 0.25) is 0 Å². The van der Waals surface area contributed by atoms with Gasteiger partial charge in [-0.2, -0.15) is 0 Å². The zero-order chi connectivity index (χ0) is 10.8. The fraction of sp³-hybridized carbons (Fsp3) is 0.400. The summed E-state index contributed by atoms with van der Waals surface area (Å²) in [6.07, 6.45) is -0.861. The van der Waals surface area contributed by atoms with E-state index < -0.39 is 21.2 Å². The minimum Gasteiger partial charge on any atom is -0.392 e. The van der Waals surface area contributed by atoms with Crippen LogP contribution >= 0.6 is 0 Å². The lowest BCUT2D eigenvalue weighted by Crippen LogP contribution is -2.28.